The van der Waals surface area contributed by atoms with Gasteiger partial charge in [-0.2, -0.15) is 0 Å². The molecular formula is C11H7Cl2NO2. The Labute approximate surface area is 102 Å². The molecule has 0 fully saturated rings. The molecule has 0 aliphatic heterocycles. The highest BCUT2D eigenvalue weighted by atomic mass is 35.5. The van der Waals surface area contributed by atoms with Crippen molar-refractivity contribution >= 4 is 40.4 Å². The molecule has 1 aromatic heterocycles. The lowest BCUT2D eigenvalue weighted by atomic mass is 10.1. The lowest BCUT2D eigenvalue weighted by molar-refractivity contribution is 0.112. The Morgan fingerprint density at radius 2 is 2.06 bits per heavy atom. The highest BCUT2D eigenvalue weighted by Gasteiger charge is 2.08. The quantitative estimate of drug-likeness (QED) is 0.610. The Hall–Kier alpha value is -1.32. The molecule has 82 valence electrons. The minimum atomic E-state index is 0.173. The van der Waals surface area contributed by atoms with Gasteiger partial charge in [0.2, 0.25) is 0 Å². The maximum atomic E-state index is 10.7. The van der Waals surface area contributed by atoms with Crippen LogP contribution in [0.2, 0.25) is 10.2 Å². The van der Waals surface area contributed by atoms with Crippen LogP contribution in [0.1, 0.15) is 10.4 Å². The van der Waals surface area contributed by atoms with Crippen LogP contribution in [0.15, 0.2) is 18.2 Å². The van der Waals surface area contributed by atoms with Gasteiger partial charge in [-0.1, -0.05) is 23.2 Å². The highest BCUT2D eigenvalue weighted by Crippen LogP contribution is 2.30. The molecule has 3 nitrogen and oxygen atoms in total. The number of ether oxygens (including phenoxy) is 1. The first-order valence-electron chi connectivity index (χ1n) is 4.44. The molecule has 0 aliphatic rings. The first kappa shape index (κ1) is 11.2. The number of rotatable bonds is 2. The zero-order valence-corrected chi connectivity index (χ0v) is 9.84. The summed E-state index contributed by atoms with van der Waals surface area (Å²) >= 11 is 11.8. The molecule has 2 rings (SSSR count). The summed E-state index contributed by atoms with van der Waals surface area (Å²) in [7, 11) is 1.52. The Bertz CT molecular complexity index is 569. The molecule has 0 aliphatic carbocycles. The van der Waals surface area contributed by atoms with Gasteiger partial charge >= 0.3 is 0 Å². The molecule has 0 saturated heterocycles. The van der Waals surface area contributed by atoms with Gasteiger partial charge in [-0.25, -0.2) is 4.98 Å². The van der Waals surface area contributed by atoms with Gasteiger partial charge < -0.3 is 4.74 Å². The van der Waals surface area contributed by atoms with Gasteiger partial charge in [-0.3, -0.25) is 4.79 Å². The predicted molar refractivity (Wildman–Crippen MR) is 63.7 cm³/mol. The van der Waals surface area contributed by atoms with Crippen LogP contribution in [-0.4, -0.2) is 18.4 Å². The fourth-order valence-electron chi connectivity index (χ4n) is 1.41. The minimum absolute atomic E-state index is 0.173. The van der Waals surface area contributed by atoms with Crippen molar-refractivity contribution in [2.75, 3.05) is 7.11 Å². The zero-order chi connectivity index (χ0) is 11.7. The molecule has 1 heterocycles. The Morgan fingerprint density at radius 3 is 2.69 bits per heavy atom. The predicted octanol–water partition coefficient (Wildman–Crippen LogP) is 3.36. The van der Waals surface area contributed by atoms with Crippen LogP contribution >= 0.6 is 23.2 Å². The highest BCUT2D eigenvalue weighted by molar-refractivity contribution is 6.33. The topological polar surface area (TPSA) is 39.2 Å². The number of aromatic nitrogens is 1. The van der Waals surface area contributed by atoms with Crippen LogP contribution in [0.4, 0.5) is 0 Å². The van der Waals surface area contributed by atoms with E-state index in [1.165, 1.54) is 7.11 Å². The van der Waals surface area contributed by atoms with E-state index in [-0.39, 0.29) is 5.15 Å². The molecule has 0 spiro atoms. The standard InChI is InChI=1S/C11H7Cl2NO2/c1-16-10-4-9-6(3-8(10)12)2-7(5-15)11(13)14-9/h2-5H,1H3. The van der Waals surface area contributed by atoms with Crippen LogP contribution in [0.3, 0.4) is 0 Å². The monoisotopic (exact) mass is 255 g/mol. The average Bonchev–Trinajstić information content (AvgIpc) is 2.28. The fourth-order valence-corrected chi connectivity index (χ4v) is 1.85. The van der Waals surface area contributed by atoms with E-state index in [0.29, 0.717) is 28.1 Å². The summed E-state index contributed by atoms with van der Waals surface area (Å²) in [5, 5.41) is 1.39. The number of hydrogen-bond acceptors (Lipinski definition) is 3. The molecule has 0 amide bonds. The van der Waals surface area contributed by atoms with Crippen molar-refractivity contribution in [1.29, 1.82) is 0 Å². The molecule has 5 heteroatoms. The molecule has 0 unspecified atom stereocenters. The van der Waals surface area contributed by atoms with Gasteiger partial charge in [-0.05, 0) is 12.1 Å². The number of benzene rings is 1. The van der Waals surface area contributed by atoms with Crippen LogP contribution in [0.5, 0.6) is 5.75 Å². The number of aldehydes is 1. The number of fused-ring (bicyclic) bond motifs is 1. The summed E-state index contributed by atoms with van der Waals surface area (Å²) in [6.45, 7) is 0. The SMILES string of the molecule is COc1cc2nc(Cl)c(C=O)cc2cc1Cl. The second kappa shape index (κ2) is 4.28. The van der Waals surface area contributed by atoms with Crippen LogP contribution in [0, 0.1) is 0 Å². The summed E-state index contributed by atoms with van der Waals surface area (Å²) in [6, 6.07) is 5.01. The Balaban J connectivity index is 2.76. The largest absolute Gasteiger partial charge is 0.495 e. The van der Waals surface area contributed by atoms with Crippen molar-refractivity contribution in [2.24, 2.45) is 0 Å². The van der Waals surface area contributed by atoms with E-state index in [0.717, 1.165) is 5.39 Å². The maximum absolute atomic E-state index is 10.7. The number of nitrogens with zero attached hydrogens (tertiary/aromatic N) is 1. The molecule has 0 radical (unpaired) electrons. The van der Waals surface area contributed by atoms with Gasteiger partial charge in [0, 0.05) is 11.5 Å². The number of methoxy groups -OCH3 is 1. The third-order valence-corrected chi connectivity index (χ3v) is 2.79. The first-order valence-corrected chi connectivity index (χ1v) is 5.20. The van der Waals surface area contributed by atoms with Crippen molar-refractivity contribution in [3.63, 3.8) is 0 Å². The van der Waals surface area contributed by atoms with E-state index in [1.54, 1.807) is 18.2 Å². The molecule has 2 aromatic rings. The van der Waals surface area contributed by atoms with Gasteiger partial charge in [-0.15, -0.1) is 0 Å². The van der Waals surface area contributed by atoms with Crippen molar-refractivity contribution in [2.45, 2.75) is 0 Å². The Morgan fingerprint density at radius 1 is 1.31 bits per heavy atom. The van der Waals surface area contributed by atoms with E-state index in [1.807, 2.05) is 0 Å². The number of pyridine rings is 1. The summed E-state index contributed by atoms with van der Waals surface area (Å²) < 4.78 is 5.06. The molecule has 16 heavy (non-hydrogen) atoms. The number of hydrogen-bond donors (Lipinski definition) is 0. The number of carbonyl (C=O) groups is 1. The minimum Gasteiger partial charge on any atom is -0.495 e. The second-order valence-corrected chi connectivity index (χ2v) is 3.93. The van der Waals surface area contributed by atoms with Gasteiger partial charge in [0.05, 0.1) is 23.2 Å². The molecule has 0 N–H and O–H groups in total. The van der Waals surface area contributed by atoms with Gasteiger partial charge in [0.25, 0.3) is 0 Å². The molecular weight excluding hydrogens is 249 g/mol. The van der Waals surface area contributed by atoms with E-state index >= 15 is 0 Å². The molecule has 1 aromatic carbocycles. The van der Waals surface area contributed by atoms with Crippen molar-refractivity contribution in [3.8, 4) is 5.75 Å². The third-order valence-electron chi connectivity index (χ3n) is 2.20. The van der Waals surface area contributed by atoms with Gasteiger partial charge in [0.15, 0.2) is 6.29 Å². The van der Waals surface area contributed by atoms with E-state index in [4.69, 9.17) is 27.9 Å². The van der Waals surface area contributed by atoms with Crippen molar-refractivity contribution < 1.29 is 9.53 Å². The van der Waals surface area contributed by atoms with Crippen LogP contribution in [0.25, 0.3) is 10.9 Å². The molecule has 0 bridgehead atoms. The average molecular weight is 256 g/mol. The van der Waals surface area contributed by atoms with E-state index in [9.17, 15) is 4.79 Å². The lowest BCUT2D eigenvalue weighted by Gasteiger charge is -2.06. The molecule has 0 saturated carbocycles. The molecule has 0 atom stereocenters. The number of carbonyl (C=O) groups excluding carboxylic acids is 1. The smallest absolute Gasteiger partial charge is 0.153 e. The van der Waals surface area contributed by atoms with E-state index in [2.05, 4.69) is 4.98 Å². The van der Waals surface area contributed by atoms with Crippen molar-refractivity contribution in [3.05, 3.63) is 33.9 Å². The van der Waals surface area contributed by atoms with Crippen LogP contribution in [-0.2, 0) is 0 Å². The van der Waals surface area contributed by atoms with Crippen molar-refractivity contribution in [1.82, 2.24) is 4.98 Å². The van der Waals surface area contributed by atoms with E-state index < -0.39 is 0 Å². The zero-order valence-electron chi connectivity index (χ0n) is 8.33. The van der Waals surface area contributed by atoms with Crippen LogP contribution < -0.4 is 4.74 Å². The second-order valence-electron chi connectivity index (χ2n) is 3.17. The summed E-state index contributed by atoms with van der Waals surface area (Å²) in [6.07, 6.45) is 0.660. The third kappa shape index (κ3) is 1.84. The van der Waals surface area contributed by atoms with Gasteiger partial charge in [0.1, 0.15) is 10.9 Å². The number of halogens is 2. The summed E-state index contributed by atoms with van der Waals surface area (Å²) in [5.41, 5.74) is 0.979. The Kier molecular flexibility index (Phi) is 2.99. The first-order chi connectivity index (χ1) is 7.65. The fraction of sp³-hybridized carbons (Fsp3) is 0.0909. The normalized spacial score (nSPS) is 10.4. The maximum Gasteiger partial charge on any atom is 0.153 e. The summed E-state index contributed by atoms with van der Waals surface area (Å²) in [4.78, 5) is 14.8. The summed E-state index contributed by atoms with van der Waals surface area (Å²) in [5.74, 6) is 0.525. The lowest BCUT2D eigenvalue weighted by Crippen LogP contribution is -1.90.